The zero-order valence-corrected chi connectivity index (χ0v) is 16.3. The number of hydrogen-bond donors (Lipinski definition) is 2. The van der Waals surface area contributed by atoms with Gasteiger partial charge in [0.1, 0.15) is 5.69 Å². The summed E-state index contributed by atoms with van der Waals surface area (Å²) < 4.78 is 2.05. The molecule has 6 heteroatoms. The molecule has 4 aromatic heterocycles. The highest BCUT2D eigenvalue weighted by atomic mass is 15.1. The van der Waals surface area contributed by atoms with E-state index >= 15 is 0 Å². The molecule has 4 heterocycles. The standard InChI is InChI=1S/C24H18N6/c1-15-13-30(14-26-15)23-7-4-6-20-17(23)12-22(27-20)24-18-11-16(8-9-21(18)28-29-24)19-5-2-3-10-25-19/h2-14,27H,1H3,(H,28,29). The SMILES string of the molecule is Cc1cn(-c2cccc3[nH]c(-c4n[nH]c5ccc(-c6ccccn6)cc45)cc23)cn1. The summed E-state index contributed by atoms with van der Waals surface area (Å²) >= 11 is 0. The van der Waals surface area contributed by atoms with Crippen molar-refractivity contribution < 1.29 is 0 Å². The molecule has 0 unspecified atom stereocenters. The van der Waals surface area contributed by atoms with Crippen molar-refractivity contribution in [2.45, 2.75) is 6.92 Å². The number of benzene rings is 2. The Bertz CT molecular complexity index is 1500. The zero-order valence-electron chi connectivity index (χ0n) is 16.3. The van der Waals surface area contributed by atoms with E-state index in [2.05, 4.69) is 72.2 Å². The van der Waals surface area contributed by atoms with Gasteiger partial charge in [-0.25, -0.2) is 4.98 Å². The number of fused-ring (bicyclic) bond motifs is 2. The summed E-state index contributed by atoms with van der Waals surface area (Å²) in [6.07, 6.45) is 5.69. The first-order valence-corrected chi connectivity index (χ1v) is 9.79. The van der Waals surface area contributed by atoms with Gasteiger partial charge in [-0.15, -0.1) is 0 Å². The molecule has 144 valence electrons. The van der Waals surface area contributed by atoms with E-state index in [1.54, 1.807) is 0 Å². The van der Waals surface area contributed by atoms with Crippen LogP contribution in [-0.4, -0.2) is 29.7 Å². The molecule has 0 saturated carbocycles. The highest BCUT2D eigenvalue weighted by molar-refractivity contribution is 5.99. The van der Waals surface area contributed by atoms with Crippen LogP contribution < -0.4 is 0 Å². The van der Waals surface area contributed by atoms with E-state index in [1.807, 2.05) is 43.8 Å². The number of aromatic amines is 2. The van der Waals surface area contributed by atoms with Gasteiger partial charge in [-0.1, -0.05) is 18.2 Å². The quantitative estimate of drug-likeness (QED) is 0.432. The fraction of sp³-hybridized carbons (Fsp3) is 0.0417. The monoisotopic (exact) mass is 390 g/mol. The maximum Gasteiger partial charge on any atom is 0.116 e. The van der Waals surface area contributed by atoms with E-state index in [0.29, 0.717) is 0 Å². The molecular formula is C24H18N6. The van der Waals surface area contributed by atoms with E-state index in [9.17, 15) is 0 Å². The molecule has 30 heavy (non-hydrogen) atoms. The zero-order chi connectivity index (χ0) is 20.1. The number of aryl methyl sites for hydroxylation is 1. The molecule has 0 spiro atoms. The Labute approximate surface area is 172 Å². The van der Waals surface area contributed by atoms with Crippen LogP contribution in [0.25, 0.3) is 50.1 Å². The summed E-state index contributed by atoms with van der Waals surface area (Å²) in [4.78, 5) is 12.4. The molecule has 0 aliphatic rings. The number of aromatic nitrogens is 6. The Morgan fingerprint density at radius 1 is 0.867 bits per heavy atom. The number of H-pyrrole nitrogens is 2. The van der Waals surface area contributed by atoms with Crippen LogP contribution in [-0.2, 0) is 0 Å². The lowest BCUT2D eigenvalue weighted by Crippen LogP contribution is -1.89. The Kier molecular flexibility index (Phi) is 3.58. The molecule has 0 bridgehead atoms. The summed E-state index contributed by atoms with van der Waals surface area (Å²) in [5.41, 5.74) is 8.01. The van der Waals surface area contributed by atoms with Crippen LogP contribution in [0.3, 0.4) is 0 Å². The average Bonchev–Trinajstić information content (AvgIpc) is 3.51. The first-order valence-electron chi connectivity index (χ1n) is 9.79. The molecule has 6 nitrogen and oxygen atoms in total. The minimum absolute atomic E-state index is 0.895. The van der Waals surface area contributed by atoms with Crippen LogP contribution in [0, 0.1) is 6.92 Å². The molecule has 0 radical (unpaired) electrons. The minimum Gasteiger partial charge on any atom is -0.353 e. The van der Waals surface area contributed by atoms with Crippen molar-refractivity contribution in [1.82, 2.24) is 29.7 Å². The number of pyridine rings is 1. The first kappa shape index (κ1) is 16.7. The van der Waals surface area contributed by atoms with Crippen molar-refractivity contribution in [2.75, 3.05) is 0 Å². The van der Waals surface area contributed by atoms with E-state index < -0.39 is 0 Å². The van der Waals surface area contributed by atoms with E-state index in [-0.39, 0.29) is 0 Å². The number of nitrogens with zero attached hydrogens (tertiary/aromatic N) is 4. The van der Waals surface area contributed by atoms with Gasteiger partial charge in [0.05, 0.1) is 34.6 Å². The van der Waals surface area contributed by atoms with E-state index in [1.165, 1.54) is 0 Å². The highest BCUT2D eigenvalue weighted by Crippen LogP contribution is 2.33. The maximum absolute atomic E-state index is 4.61. The van der Waals surface area contributed by atoms with Gasteiger partial charge in [0, 0.05) is 34.2 Å². The van der Waals surface area contributed by atoms with Gasteiger partial charge in [0.15, 0.2) is 0 Å². The lowest BCUT2D eigenvalue weighted by atomic mass is 10.1. The number of rotatable bonds is 3. The van der Waals surface area contributed by atoms with Gasteiger partial charge in [0.2, 0.25) is 0 Å². The average molecular weight is 390 g/mol. The smallest absolute Gasteiger partial charge is 0.116 e. The van der Waals surface area contributed by atoms with Gasteiger partial charge in [-0.3, -0.25) is 10.1 Å². The van der Waals surface area contributed by atoms with Crippen molar-refractivity contribution in [1.29, 1.82) is 0 Å². The van der Waals surface area contributed by atoms with Crippen LogP contribution in [0.1, 0.15) is 5.69 Å². The van der Waals surface area contributed by atoms with E-state index in [4.69, 9.17) is 0 Å². The molecule has 0 fully saturated rings. The Hall–Kier alpha value is -4.19. The van der Waals surface area contributed by atoms with Crippen molar-refractivity contribution in [2.24, 2.45) is 0 Å². The second-order valence-corrected chi connectivity index (χ2v) is 7.39. The van der Waals surface area contributed by atoms with Crippen LogP contribution in [0.2, 0.25) is 0 Å². The molecule has 0 amide bonds. The van der Waals surface area contributed by atoms with Gasteiger partial charge in [-0.05, 0) is 49.4 Å². The van der Waals surface area contributed by atoms with E-state index in [0.717, 1.165) is 55.8 Å². The molecule has 0 saturated heterocycles. The molecule has 0 aliphatic carbocycles. The molecule has 6 aromatic rings. The lowest BCUT2D eigenvalue weighted by Gasteiger charge is -2.03. The summed E-state index contributed by atoms with van der Waals surface area (Å²) in [5.74, 6) is 0. The number of imidazole rings is 1. The van der Waals surface area contributed by atoms with Crippen LogP contribution in [0.4, 0.5) is 0 Å². The molecule has 0 atom stereocenters. The van der Waals surface area contributed by atoms with Gasteiger partial charge in [0.25, 0.3) is 0 Å². The summed E-state index contributed by atoms with van der Waals surface area (Å²) in [6, 6.07) is 20.6. The minimum atomic E-state index is 0.895. The number of hydrogen-bond acceptors (Lipinski definition) is 3. The molecular weight excluding hydrogens is 372 g/mol. The maximum atomic E-state index is 4.61. The fourth-order valence-corrected chi connectivity index (χ4v) is 3.96. The molecule has 2 N–H and O–H groups in total. The molecule has 2 aromatic carbocycles. The van der Waals surface area contributed by atoms with Crippen molar-refractivity contribution in [3.8, 4) is 28.3 Å². The molecule has 0 aliphatic heterocycles. The van der Waals surface area contributed by atoms with Gasteiger partial charge in [-0.2, -0.15) is 5.10 Å². The predicted molar refractivity (Wildman–Crippen MR) is 118 cm³/mol. The second-order valence-electron chi connectivity index (χ2n) is 7.39. The highest BCUT2D eigenvalue weighted by Gasteiger charge is 2.14. The van der Waals surface area contributed by atoms with Crippen molar-refractivity contribution in [3.05, 3.63) is 85.1 Å². The number of nitrogens with one attached hydrogen (secondary N) is 2. The van der Waals surface area contributed by atoms with Gasteiger partial charge < -0.3 is 9.55 Å². The summed E-state index contributed by atoms with van der Waals surface area (Å²) in [6.45, 7) is 1.99. The summed E-state index contributed by atoms with van der Waals surface area (Å²) in [7, 11) is 0. The third-order valence-corrected chi connectivity index (χ3v) is 5.41. The third-order valence-electron chi connectivity index (χ3n) is 5.41. The lowest BCUT2D eigenvalue weighted by molar-refractivity contribution is 1.07. The normalized spacial score (nSPS) is 11.5. The fourth-order valence-electron chi connectivity index (χ4n) is 3.96. The van der Waals surface area contributed by atoms with Crippen LogP contribution >= 0.6 is 0 Å². The van der Waals surface area contributed by atoms with Crippen LogP contribution in [0.5, 0.6) is 0 Å². The third kappa shape index (κ3) is 2.62. The largest absolute Gasteiger partial charge is 0.353 e. The van der Waals surface area contributed by atoms with Crippen LogP contribution in [0.15, 0.2) is 79.4 Å². The topological polar surface area (TPSA) is 75.2 Å². The summed E-state index contributed by atoms with van der Waals surface area (Å²) in [5, 5.41) is 9.95. The Morgan fingerprint density at radius 3 is 2.67 bits per heavy atom. The van der Waals surface area contributed by atoms with Gasteiger partial charge >= 0.3 is 0 Å². The first-order chi connectivity index (χ1) is 14.8. The Morgan fingerprint density at radius 2 is 1.83 bits per heavy atom. The van der Waals surface area contributed by atoms with Crippen molar-refractivity contribution >= 4 is 21.8 Å². The second kappa shape index (κ2) is 6.42. The Balaban J connectivity index is 1.52. The van der Waals surface area contributed by atoms with Crippen molar-refractivity contribution in [3.63, 3.8) is 0 Å². The predicted octanol–water partition coefficient (Wildman–Crippen LogP) is 5.27. The molecule has 6 rings (SSSR count).